The van der Waals surface area contributed by atoms with E-state index in [1.165, 1.54) is 4.57 Å². The maximum absolute atomic E-state index is 12.9. The first kappa shape index (κ1) is 21.0. The lowest BCUT2D eigenvalue weighted by molar-refractivity contribution is -0.116. The summed E-state index contributed by atoms with van der Waals surface area (Å²) in [6, 6.07) is 13.7. The lowest BCUT2D eigenvalue weighted by atomic mass is 10.2. The number of hydrogen-bond donors (Lipinski definition) is 1. The van der Waals surface area contributed by atoms with Gasteiger partial charge in [0.25, 0.3) is 5.56 Å². The van der Waals surface area contributed by atoms with Crippen LogP contribution in [-0.4, -0.2) is 31.6 Å². The summed E-state index contributed by atoms with van der Waals surface area (Å²) in [4.78, 5) is 46.1. The van der Waals surface area contributed by atoms with Gasteiger partial charge < -0.3 is 14.6 Å². The Morgan fingerprint density at radius 2 is 1.81 bits per heavy atom. The number of aromatic nitrogens is 4. The molecule has 0 saturated heterocycles. The van der Waals surface area contributed by atoms with Gasteiger partial charge in [-0.25, -0.2) is 4.79 Å². The Balaban J connectivity index is 1.57. The molecule has 0 unspecified atom stereocenters. The van der Waals surface area contributed by atoms with Crippen molar-refractivity contribution in [3.05, 3.63) is 93.5 Å². The van der Waals surface area contributed by atoms with Crippen molar-refractivity contribution in [3.8, 4) is 17.1 Å². The summed E-state index contributed by atoms with van der Waals surface area (Å²) in [5, 5.41) is 2.79. The third-order valence-electron chi connectivity index (χ3n) is 4.80. The third kappa shape index (κ3) is 4.56. The Morgan fingerprint density at radius 3 is 2.53 bits per heavy atom. The predicted molar refractivity (Wildman–Crippen MR) is 119 cm³/mol. The van der Waals surface area contributed by atoms with Crippen molar-refractivity contribution in [1.29, 1.82) is 0 Å². The summed E-state index contributed by atoms with van der Waals surface area (Å²) in [6.07, 6.45) is 4.80. The van der Waals surface area contributed by atoms with Crippen LogP contribution in [0.25, 0.3) is 11.4 Å². The van der Waals surface area contributed by atoms with Crippen molar-refractivity contribution in [2.75, 3.05) is 11.9 Å². The fraction of sp³-hybridized carbons (Fsp3) is 0.174. The van der Waals surface area contributed by atoms with Crippen molar-refractivity contribution in [2.24, 2.45) is 0 Å². The molecule has 1 amide bonds. The topological polar surface area (TPSA) is 108 Å². The first-order valence-electron chi connectivity index (χ1n) is 10.1. The fourth-order valence-electron chi connectivity index (χ4n) is 3.31. The summed E-state index contributed by atoms with van der Waals surface area (Å²) in [6.45, 7) is 2.44. The second-order valence-electron chi connectivity index (χ2n) is 7.02. The van der Waals surface area contributed by atoms with Gasteiger partial charge >= 0.3 is 5.69 Å². The van der Waals surface area contributed by atoms with Crippen LogP contribution in [0.4, 0.5) is 5.69 Å². The highest BCUT2D eigenvalue weighted by Crippen LogP contribution is 2.17. The molecule has 9 nitrogen and oxygen atoms in total. The number of pyridine rings is 2. The van der Waals surface area contributed by atoms with E-state index in [1.54, 1.807) is 67.1 Å². The van der Waals surface area contributed by atoms with E-state index in [2.05, 4.69) is 15.3 Å². The van der Waals surface area contributed by atoms with E-state index in [-0.39, 0.29) is 30.4 Å². The Labute approximate surface area is 183 Å². The highest BCUT2D eigenvalue weighted by Gasteiger charge is 2.18. The number of carbonyl (C=O) groups excluding carboxylic acids is 1. The van der Waals surface area contributed by atoms with Gasteiger partial charge in [-0.05, 0) is 61.0 Å². The van der Waals surface area contributed by atoms with Crippen LogP contribution < -0.4 is 21.3 Å². The molecule has 3 heterocycles. The van der Waals surface area contributed by atoms with Crippen LogP contribution >= 0.6 is 0 Å². The molecule has 2 aliphatic heterocycles. The highest BCUT2D eigenvalue weighted by atomic mass is 16.5. The summed E-state index contributed by atoms with van der Waals surface area (Å²) in [5.41, 5.74) is 0.495. The normalized spacial score (nSPS) is 10.8. The molecule has 1 N–H and O–H groups in total. The molecule has 0 spiro atoms. The maximum Gasteiger partial charge on any atom is 0.352 e. The van der Waals surface area contributed by atoms with E-state index in [1.807, 2.05) is 6.92 Å². The van der Waals surface area contributed by atoms with Gasteiger partial charge in [-0.1, -0.05) is 0 Å². The summed E-state index contributed by atoms with van der Waals surface area (Å²) < 4.78 is 7.95. The standard InChI is InChI=1S/C23H21N5O4/c1-2-32-18-7-5-17(6-8-18)25-20(29)15-27-13-3-4-19-21(27)26-23(31)28(22(19)30)14-16-9-11-24-12-10-16/h3-13H,2,14-15H2,1H3,(H,25,29). The van der Waals surface area contributed by atoms with Gasteiger partial charge in [0, 0.05) is 24.3 Å². The lowest BCUT2D eigenvalue weighted by Crippen LogP contribution is -2.38. The number of benzene rings is 1. The number of anilines is 1. The van der Waals surface area contributed by atoms with Crippen molar-refractivity contribution in [2.45, 2.75) is 20.0 Å². The molecular weight excluding hydrogens is 410 g/mol. The Kier molecular flexibility index (Phi) is 6.07. The Hall–Kier alpha value is -4.27. The Morgan fingerprint density at radius 1 is 1.06 bits per heavy atom. The van der Waals surface area contributed by atoms with Crippen LogP contribution in [0.5, 0.6) is 5.75 Å². The number of nitrogens with one attached hydrogen (secondary N) is 1. The number of nitrogens with zero attached hydrogens (tertiary/aromatic N) is 4. The highest BCUT2D eigenvalue weighted by molar-refractivity contribution is 5.90. The smallest absolute Gasteiger partial charge is 0.352 e. The van der Waals surface area contributed by atoms with Gasteiger partial charge in [0.2, 0.25) is 5.91 Å². The first-order chi connectivity index (χ1) is 15.5. The molecule has 0 atom stereocenters. The van der Waals surface area contributed by atoms with E-state index in [4.69, 9.17) is 4.74 Å². The lowest BCUT2D eigenvalue weighted by Gasteiger charge is -2.15. The number of carbonyl (C=O) groups is 1. The number of ether oxygens (including phenoxy) is 1. The molecule has 0 fully saturated rings. The molecule has 0 saturated carbocycles. The van der Waals surface area contributed by atoms with Gasteiger partial charge in [0.15, 0.2) is 5.82 Å². The minimum atomic E-state index is -0.675. The average molecular weight is 431 g/mol. The number of amides is 1. The van der Waals surface area contributed by atoms with Crippen LogP contribution in [0, 0.1) is 0 Å². The largest absolute Gasteiger partial charge is 0.494 e. The molecule has 162 valence electrons. The minimum absolute atomic E-state index is 0.0935. The van der Waals surface area contributed by atoms with Gasteiger partial charge in [-0.15, -0.1) is 0 Å². The zero-order chi connectivity index (χ0) is 22.5. The minimum Gasteiger partial charge on any atom is -0.494 e. The van der Waals surface area contributed by atoms with Crippen LogP contribution in [0.2, 0.25) is 0 Å². The monoisotopic (exact) mass is 431 g/mol. The molecule has 1 aromatic heterocycles. The van der Waals surface area contributed by atoms with E-state index >= 15 is 0 Å². The molecule has 9 heteroatoms. The predicted octanol–water partition coefficient (Wildman–Crippen LogP) is 1.99. The van der Waals surface area contributed by atoms with Crippen molar-refractivity contribution in [1.82, 2.24) is 19.1 Å². The Bertz CT molecular complexity index is 1310. The van der Waals surface area contributed by atoms with Crippen LogP contribution in [0.3, 0.4) is 0 Å². The van der Waals surface area contributed by atoms with Gasteiger partial charge in [0.05, 0.1) is 18.7 Å². The molecule has 0 radical (unpaired) electrons. The zero-order valence-electron chi connectivity index (χ0n) is 17.4. The average Bonchev–Trinajstić information content (AvgIpc) is 2.79. The van der Waals surface area contributed by atoms with Gasteiger partial charge in [-0.2, -0.15) is 4.98 Å². The first-order valence-corrected chi connectivity index (χ1v) is 10.1. The number of fused-ring (bicyclic) bond motifs is 1. The van der Waals surface area contributed by atoms with Crippen molar-refractivity contribution in [3.63, 3.8) is 0 Å². The zero-order valence-corrected chi connectivity index (χ0v) is 17.4. The fourth-order valence-corrected chi connectivity index (χ4v) is 3.31. The second kappa shape index (κ2) is 9.25. The molecule has 1 aromatic carbocycles. The van der Waals surface area contributed by atoms with Crippen molar-refractivity contribution < 1.29 is 9.53 Å². The third-order valence-corrected chi connectivity index (χ3v) is 4.80. The summed E-state index contributed by atoms with van der Waals surface area (Å²) in [5.74, 6) is 0.557. The molecule has 0 bridgehead atoms. The molecular formula is C23H21N5O4. The molecule has 2 aliphatic rings. The van der Waals surface area contributed by atoms with E-state index in [9.17, 15) is 14.4 Å². The molecule has 4 rings (SSSR count). The van der Waals surface area contributed by atoms with Gasteiger partial charge in [0.1, 0.15) is 12.3 Å². The SMILES string of the molecule is CCOc1ccc(NC(=O)Cn2cccc3c(=O)n(Cc4ccncc4)c(=O)nc2-3)cc1. The van der Waals surface area contributed by atoms with E-state index in [0.29, 0.717) is 18.0 Å². The van der Waals surface area contributed by atoms with Crippen LogP contribution in [0.15, 0.2) is 76.7 Å². The second-order valence-corrected chi connectivity index (χ2v) is 7.02. The van der Waals surface area contributed by atoms with Crippen molar-refractivity contribution >= 4 is 11.6 Å². The molecule has 32 heavy (non-hydrogen) atoms. The molecule has 2 aromatic rings. The van der Waals surface area contributed by atoms with Crippen LogP contribution in [-0.2, 0) is 17.9 Å². The molecule has 0 aliphatic carbocycles. The van der Waals surface area contributed by atoms with E-state index < -0.39 is 11.2 Å². The summed E-state index contributed by atoms with van der Waals surface area (Å²) >= 11 is 0. The number of rotatable bonds is 7. The summed E-state index contributed by atoms with van der Waals surface area (Å²) in [7, 11) is 0. The van der Waals surface area contributed by atoms with E-state index in [0.717, 1.165) is 10.1 Å². The maximum atomic E-state index is 12.9. The van der Waals surface area contributed by atoms with Crippen LogP contribution in [0.1, 0.15) is 12.5 Å². The number of hydrogen-bond acceptors (Lipinski definition) is 6. The quantitative estimate of drug-likeness (QED) is 0.479. The van der Waals surface area contributed by atoms with Gasteiger partial charge in [-0.3, -0.25) is 19.1 Å².